The Kier molecular flexibility index (Phi) is 11.2. The molecule has 0 saturated heterocycles. The van der Waals surface area contributed by atoms with Crippen molar-refractivity contribution in [1.82, 2.24) is 0 Å². The quantitative estimate of drug-likeness (QED) is 0.712. The van der Waals surface area contributed by atoms with Crippen LogP contribution in [0, 0.1) is 0 Å². The third-order valence-corrected chi connectivity index (χ3v) is 3.79. The van der Waals surface area contributed by atoms with E-state index in [2.05, 4.69) is 0 Å². The molecule has 2 rings (SSSR count). The summed E-state index contributed by atoms with van der Waals surface area (Å²) in [6, 6.07) is 18.3. The van der Waals surface area contributed by atoms with E-state index in [-0.39, 0.29) is 16.5 Å². The Morgan fingerprint density at radius 2 is 1.00 bits per heavy atom. The van der Waals surface area contributed by atoms with E-state index in [0.29, 0.717) is 12.8 Å². The molecule has 0 amide bonds. The van der Waals surface area contributed by atoms with Crippen molar-refractivity contribution in [3.8, 4) is 0 Å². The molecule has 2 atom stereocenters. The molecular weight excluding hydrogens is 363 g/mol. The molecule has 0 fully saturated rings. The predicted octanol–water partition coefficient (Wildman–Crippen LogP) is 1.86. The van der Waals surface area contributed by atoms with Crippen molar-refractivity contribution in [3.63, 3.8) is 0 Å². The Morgan fingerprint density at radius 3 is 1.20 bits per heavy atom. The van der Waals surface area contributed by atoms with Crippen molar-refractivity contribution in [2.45, 2.75) is 38.5 Å². The first-order valence-corrected chi connectivity index (χ1v) is 8.02. The summed E-state index contributed by atoms with van der Waals surface area (Å²) in [6.07, 6.45) is 1.15. The minimum absolute atomic E-state index is 0. The Bertz CT molecular complexity index is 571. The van der Waals surface area contributed by atoms with Gasteiger partial charge in [-0.15, -0.1) is 0 Å². The van der Waals surface area contributed by atoms with Crippen LogP contribution in [0.5, 0.6) is 0 Å². The van der Waals surface area contributed by atoms with Crippen LogP contribution < -0.4 is 10.2 Å². The maximum atomic E-state index is 10.6. The summed E-state index contributed by atoms with van der Waals surface area (Å²) in [4.78, 5) is 21.2. The minimum atomic E-state index is -0.997. The molecule has 2 aromatic carbocycles. The molecule has 0 heterocycles. The monoisotopic (exact) mass is 384 g/mol. The number of carboxylic acids is 2. The van der Waals surface area contributed by atoms with Crippen molar-refractivity contribution < 1.29 is 36.3 Å². The topological polar surface area (TPSA) is 80.3 Å². The van der Waals surface area contributed by atoms with Crippen LogP contribution in [-0.2, 0) is 26.1 Å². The zero-order valence-corrected chi connectivity index (χ0v) is 15.3. The summed E-state index contributed by atoms with van der Waals surface area (Å²) >= 11 is 0. The molecule has 2 unspecified atom stereocenters. The van der Waals surface area contributed by atoms with E-state index in [4.69, 9.17) is 0 Å². The van der Waals surface area contributed by atoms with Crippen molar-refractivity contribution >= 4 is 11.9 Å². The number of hydrogen-bond donors (Lipinski definition) is 0. The fourth-order valence-electron chi connectivity index (χ4n) is 2.45. The van der Waals surface area contributed by atoms with E-state index >= 15 is 0 Å². The van der Waals surface area contributed by atoms with Gasteiger partial charge in [0.05, 0.1) is 0 Å². The molecule has 0 N–H and O–H groups in total. The SMILES string of the molecule is CCC(C(=O)[O-])c1ccccc1.CCC(C(=O)[O-])c1ccccc1.[Ni+2]. The summed E-state index contributed by atoms with van der Waals surface area (Å²) in [5.74, 6) is -2.93. The number of aliphatic carboxylic acids is 2. The number of carbonyl (C=O) groups excluding carboxylic acids is 2. The molecule has 136 valence electrons. The van der Waals surface area contributed by atoms with Crippen molar-refractivity contribution in [1.29, 1.82) is 0 Å². The third kappa shape index (κ3) is 7.53. The maximum absolute atomic E-state index is 10.6. The molecule has 25 heavy (non-hydrogen) atoms. The van der Waals surface area contributed by atoms with E-state index in [1.807, 2.05) is 74.5 Å². The van der Waals surface area contributed by atoms with Crippen LogP contribution in [0.25, 0.3) is 0 Å². The van der Waals surface area contributed by atoms with Gasteiger partial charge in [-0.1, -0.05) is 74.5 Å². The van der Waals surface area contributed by atoms with E-state index in [1.54, 1.807) is 0 Å². The van der Waals surface area contributed by atoms with Gasteiger partial charge in [0.2, 0.25) is 0 Å². The summed E-state index contributed by atoms with van der Waals surface area (Å²) in [7, 11) is 0. The number of carbonyl (C=O) groups is 2. The van der Waals surface area contributed by atoms with Gasteiger partial charge in [-0.05, 0) is 24.0 Å². The van der Waals surface area contributed by atoms with Crippen molar-refractivity contribution in [2.24, 2.45) is 0 Å². The molecular formula is C20H22NiO4. The van der Waals surface area contributed by atoms with Gasteiger partial charge in [0.1, 0.15) is 0 Å². The zero-order chi connectivity index (χ0) is 17.9. The van der Waals surface area contributed by atoms with E-state index < -0.39 is 23.8 Å². The van der Waals surface area contributed by atoms with Crippen LogP contribution in [0.3, 0.4) is 0 Å². The van der Waals surface area contributed by atoms with Gasteiger partial charge in [0.15, 0.2) is 0 Å². The Balaban J connectivity index is 0.000000443. The molecule has 0 bridgehead atoms. The molecule has 0 aliphatic heterocycles. The van der Waals surface area contributed by atoms with Crippen LogP contribution in [0.4, 0.5) is 0 Å². The summed E-state index contributed by atoms with van der Waals surface area (Å²) < 4.78 is 0. The molecule has 0 aliphatic carbocycles. The van der Waals surface area contributed by atoms with Gasteiger partial charge in [0.25, 0.3) is 0 Å². The molecule has 0 spiro atoms. The first kappa shape index (κ1) is 22.9. The molecule has 0 aromatic heterocycles. The van der Waals surface area contributed by atoms with E-state index in [0.717, 1.165) is 11.1 Å². The standard InChI is InChI=1S/2C10H12O2.Ni/c2*1-2-9(10(11)12)8-6-4-3-5-7-8;/h2*3-7,9H,2H2,1H3,(H,11,12);/q;;+2/p-2. The second kappa shape index (κ2) is 12.3. The average Bonchev–Trinajstić information content (AvgIpc) is 2.58. The fraction of sp³-hybridized carbons (Fsp3) is 0.300. The van der Waals surface area contributed by atoms with Crippen LogP contribution >= 0.6 is 0 Å². The molecule has 5 heteroatoms. The number of rotatable bonds is 6. The number of carboxylic acid groups (broad SMARTS) is 2. The molecule has 0 saturated carbocycles. The average molecular weight is 385 g/mol. The molecule has 0 aliphatic rings. The summed E-state index contributed by atoms with van der Waals surface area (Å²) in [5, 5.41) is 21.2. The largest absolute Gasteiger partial charge is 2.00 e. The predicted molar refractivity (Wildman–Crippen MR) is 89.0 cm³/mol. The normalized spacial score (nSPS) is 11.9. The second-order valence-corrected chi connectivity index (χ2v) is 5.38. The third-order valence-electron chi connectivity index (χ3n) is 3.79. The second-order valence-electron chi connectivity index (χ2n) is 5.38. The Hall–Kier alpha value is -2.13. The van der Waals surface area contributed by atoms with Gasteiger partial charge < -0.3 is 19.8 Å². The van der Waals surface area contributed by atoms with Gasteiger partial charge in [-0.2, -0.15) is 0 Å². The van der Waals surface area contributed by atoms with Crippen molar-refractivity contribution in [2.75, 3.05) is 0 Å². The van der Waals surface area contributed by atoms with Gasteiger partial charge >= 0.3 is 16.5 Å². The summed E-state index contributed by atoms with van der Waals surface area (Å²) in [6.45, 7) is 3.68. The van der Waals surface area contributed by atoms with Gasteiger partial charge in [0, 0.05) is 23.8 Å². The molecule has 0 radical (unpaired) electrons. The van der Waals surface area contributed by atoms with Gasteiger partial charge in [-0.3, -0.25) is 0 Å². The fourth-order valence-corrected chi connectivity index (χ4v) is 2.45. The Labute approximate surface area is 158 Å². The first-order chi connectivity index (χ1) is 11.5. The van der Waals surface area contributed by atoms with Crippen LogP contribution in [0.1, 0.15) is 49.7 Å². The minimum Gasteiger partial charge on any atom is -0.549 e. The number of hydrogen-bond acceptors (Lipinski definition) is 4. The smallest absolute Gasteiger partial charge is 0.549 e. The van der Waals surface area contributed by atoms with E-state index in [1.165, 1.54) is 0 Å². The zero-order valence-electron chi connectivity index (χ0n) is 14.3. The van der Waals surface area contributed by atoms with Gasteiger partial charge in [-0.25, -0.2) is 0 Å². The first-order valence-electron chi connectivity index (χ1n) is 8.02. The van der Waals surface area contributed by atoms with E-state index in [9.17, 15) is 19.8 Å². The number of benzene rings is 2. The van der Waals surface area contributed by atoms with Crippen LogP contribution in [0.2, 0.25) is 0 Å². The molecule has 4 nitrogen and oxygen atoms in total. The maximum Gasteiger partial charge on any atom is 2.00 e. The van der Waals surface area contributed by atoms with Crippen LogP contribution in [0.15, 0.2) is 60.7 Å². The van der Waals surface area contributed by atoms with Crippen molar-refractivity contribution in [3.05, 3.63) is 71.8 Å². The Morgan fingerprint density at radius 1 is 0.720 bits per heavy atom. The van der Waals surface area contributed by atoms with Crippen LogP contribution in [-0.4, -0.2) is 11.9 Å². The summed E-state index contributed by atoms with van der Waals surface area (Å²) in [5.41, 5.74) is 1.64. The molecule has 2 aromatic rings.